The monoisotopic (exact) mass is 200 g/mol. The molecule has 1 atom stereocenters. The Labute approximate surface area is 82.5 Å². The Balaban J connectivity index is 2.60. The molecular formula is C10H10Cl2. The van der Waals surface area contributed by atoms with Gasteiger partial charge in [0.2, 0.25) is 0 Å². The SMILES string of the molecule is CC1CCc2c1ccc(Cl)c2Cl. The summed E-state index contributed by atoms with van der Waals surface area (Å²) in [5.74, 6) is 0.648. The molecule has 0 aromatic heterocycles. The van der Waals surface area contributed by atoms with Crippen molar-refractivity contribution in [3.05, 3.63) is 33.3 Å². The van der Waals surface area contributed by atoms with Crippen LogP contribution in [0.2, 0.25) is 10.0 Å². The van der Waals surface area contributed by atoms with Crippen molar-refractivity contribution in [3.8, 4) is 0 Å². The average molecular weight is 201 g/mol. The minimum absolute atomic E-state index is 0.648. The van der Waals surface area contributed by atoms with Crippen molar-refractivity contribution in [1.29, 1.82) is 0 Å². The summed E-state index contributed by atoms with van der Waals surface area (Å²) in [6.45, 7) is 2.23. The minimum Gasteiger partial charge on any atom is -0.0827 e. The molecule has 12 heavy (non-hydrogen) atoms. The first kappa shape index (κ1) is 8.40. The minimum atomic E-state index is 0.648. The lowest BCUT2D eigenvalue weighted by Crippen LogP contribution is -1.86. The van der Waals surface area contributed by atoms with Crippen LogP contribution in [0, 0.1) is 0 Å². The fourth-order valence-corrected chi connectivity index (χ4v) is 2.28. The normalized spacial score (nSPS) is 21.1. The van der Waals surface area contributed by atoms with Gasteiger partial charge in [0.25, 0.3) is 0 Å². The van der Waals surface area contributed by atoms with Crippen molar-refractivity contribution in [1.82, 2.24) is 0 Å². The van der Waals surface area contributed by atoms with Crippen LogP contribution >= 0.6 is 23.2 Å². The van der Waals surface area contributed by atoms with E-state index >= 15 is 0 Å². The zero-order valence-electron chi connectivity index (χ0n) is 6.90. The lowest BCUT2D eigenvalue weighted by atomic mass is 10.0. The lowest BCUT2D eigenvalue weighted by Gasteiger charge is -2.06. The van der Waals surface area contributed by atoms with Crippen LogP contribution in [0.4, 0.5) is 0 Å². The van der Waals surface area contributed by atoms with Crippen molar-refractivity contribution in [2.24, 2.45) is 0 Å². The maximum atomic E-state index is 6.07. The Bertz CT molecular complexity index is 318. The van der Waals surface area contributed by atoms with E-state index < -0.39 is 0 Å². The molecular weight excluding hydrogens is 191 g/mol. The first-order valence-corrected chi connectivity index (χ1v) is 4.92. The van der Waals surface area contributed by atoms with Gasteiger partial charge >= 0.3 is 0 Å². The third kappa shape index (κ3) is 1.14. The Morgan fingerprint density at radius 3 is 2.83 bits per heavy atom. The van der Waals surface area contributed by atoms with Gasteiger partial charge in [0.15, 0.2) is 0 Å². The van der Waals surface area contributed by atoms with E-state index in [1.807, 2.05) is 6.07 Å². The van der Waals surface area contributed by atoms with Crippen LogP contribution in [0.3, 0.4) is 0 Å². The average Bonchev–Trinajstić information content (AvgIpc) is 2.41. The predicted octanol–water partition coefficient (Wildman–Crippen LogP) is 4.04. The number of fused-ring (bicyclic) bond motifs is 1. The molecule has 0 radical (unpaired) electrons. The summed E-state index contributed by atoms with van der Waals surface area (Å²) in [5, 5.41) is 1.45. The Hall–Kier alpha value is -0.200. The van der Waals surface area contributed by atoms with Gasteiger partial charge < -0.3 is 0 Å². The molecule has 0 heterocycles. The molecule has 0 nitrogen and oxygen atoms in total. The Morgan fingerprint density at radius 1 is 1.33 bits per heavy atom. The standard InChI is InChI=1S/C10H10Cl2/c1-6-2-3-8-7(6)4-5-9(11)10(8)12/h4-6H,2-3H2,1H3. The van der Waals surface area contributed by atoms with Crippen LogP contribution in [-0.2, 0) is 6.42 Å². The molecule has 0 saturated heterocycles. The maximum absolute atomic E-state index is 6.07. The second-order valence-electron chi connectivity index (χ2n) is 3.37. The first-order valence-electron chi connectivity index (χ1n) is 4.17. The smallest absolute Gasteiger partial charge is 0.0627 e. The van der Waals surface area contributed by atoms with E-state index in [1.165, 1.54) is 17.5 Å². The number of hydrogen-bond donors (Lipinski definition) is 0. The molecule has 0 N–H and O–H groups in total. The molecule has 1 aliphatic rings. The second-order valence-corrected chi connectivity index (χ2v) is 4.15. The molecule has 1 aromatic carbocycles. The highest BCUT2D eigenvalue weighted by molar-refractivity contribution is 6.42. The van der Waals surface area contributed by atoms with E-state index in [1.54, 1.807) is 0 Å². The molecule has 0 spiro atoms. The van der Waals surface area contributed by atoms with Gasteiger partial charge in [-0.05, 0) is 36.0 Å². The van der Waals surface area contributed by atoms with Gasteiger partial charge in [0, 0.05) is 0 Å². The quantitative estimate of drug-likeness (QED) is 0.594. The summed E-state index contributed by atoms with van der Waals surface area (Å²) < 4.78 is 0. The fraction of sp³-hybridized carbons (Fsp3) is 0.400. The zero-order chi connectivity index (χ0) is 8.72. The topological polar surface area (TPSA) is 0 Å². The largest absolute Gasteiger partial charge is 0.0827 e. The van der Waals surface area contributed by atoms with Crippen LogP contribution in [0.15, 0.2) is 12.1 Å². The number of halogens is 2. The number of hydrogen-bond acceptors (Lipinski definition) is 0. The van der Waals surface area contributed by atoms with Gasteiger partial charge in [-0.25, -0.2) is 0 Å². The van der Waals surface area contributed by atoms with Crippen LogP contribution in [0.5, 0.6) is 0 Å². The molecule has 0 fully saturated rings. The van der Waals surface area contributed by atoms with Gasteiger partial charge in [-0.1, -0.05) is 36.2 Å². The fourth-order valence-electron chi connectivity index (χ4n) is 1.84. The van der Waals surface area contributed by atoms with E-state index in [4.69, 9.17) is 23.2 Å². The second kappa shape index (κ2) is 2.93. The third-order valence-corrected chi connectivity index (χ3v) is 3.43. The Kier molecular flexibility index (Phi) is 2.05. The molecule has 1 aliphatic carbocycles. The molecule has 1 unspecified atom stereocenters. The van der Waals surface area contributed by atoms with Gasteiger partial charge in [-0.2, -0.15) is 0 Å². The number of benzene rings is 1. The van der Waals surface area contributed by atoms with E-state index in [9.17, 15) is 0 Å². The number of rotatable bonds is 0. The maximum Gasteiger partial charge on any atom is 0.0627 e. The highest BCUT2D eigenvalue weighted by Crippen LogP contribution is 2.39. The zero-order valence-corrected chi connectivity index (χ0v) is 8.41. The first-order chi connectivity index (χ1) is 5.70. The van der Waals surface area contributed by atoms with Crippen molar-refractivity contribution in [3.63, 3.8) is 0 Å². The summed E-state index contributed by atoms with van der Waals surface area (Å²) in [6.07, 6.45) is 2.28. The summed E-state index contributed by atoms with van der Waals surface area (Å²) in [6, 6.07) is 3.99. The Morgan fingerprint density at radius 2 is 2.08 bits per heavy atom. The molecule has 1 aromatic rings. The third-order valence-electron chi connectivity index (χ3n) is 2.59. The molecule has 0 aliphatic heterocycles. The van der Waals surface area contributed by atoms with Crippen molar-refractivity contribution >= 4 is 23.2 Å². The van der Waals surface area contributed by atoms with Gasteiger partial charge in [-0.15, -0.1) is 0 Å². The van der Waals surface area contributed by atoms with Gasteiger partial charge in [0.1, 0.15) is 0 Å². The van der Waals surface area contributed by atoms with E-state index in [2.05, 4.69) is 13.0 Å². The van der Waals surface area contributed by atoms with E-state index in [0.717, 1.165) is 11.4 Å². The summed E-state index contributed by atoms with van der Waals surface area (Å²) in [7, 11) is 0. The lowest BCUT2D eigenvalue weighted by molar-refractivity contribution is 0.747. The van der Waals surface area contributed by atoms with Crippen LogP contribution in [0.25, 0.3) is 0 Å². The highest BCUT2D eigenvalue weighted by atomic mass is 35.5. The molecule has 64 valence electrons. The molecule has 0 saturated carbocycles. The van der Waals surface area contributed by atoms with Crippen molar-refractivity contribution in [2.45, 2.75) is 25.7 Å². The summed E-state index contributed by atoms with van der Waals surface area (Å²) in [4.78, 5) is 0. The molecule has 0 amide bonds. The van der Waals surface area contributed by atoms with Crippen LogP contribution in [-0.4, -0.2) is 0 Å². The van der Waals surface area contributed by atoms with Crippen molar-refractivity contribution < 1.29 is 0 Å². The van der Waals surface area contributed by atoms with E-state index in [0.29, 0.717) is 10.9 Å². The predicted molar refractivity (Wildman–Crippen MR) is 53.2 cm³/mol. The highest BCUT2D eigenvalue weighted by Gasteiger charge is 2.21. The van der Waals surface area contributed by atoms with E-state index in [-0.39, 0.29) is 0 Å². The van der Waals surface area contributed by atoms with Crippen LogP contribution in [0.1, 0.15) is 30.4 Å². The molecule has 2 heteroatoms. The summed E-state index contributed by atoms with van der Waals surface area (Å²) in [5.41, 5.74) is 2.64. The van der Waals surface area contributed by atoms with Gasteiger partial charge in [0.05, 0.1) is 10.0 Å². The summed E-state index contributed by atoms with van der Waals surface area (Å²) >= 11 is 12.0. The molecule has 2 rings (SSSR count). The van der Waals surface area contributed by atoms with Gasteiger partial charge in [-0.3, -0.25) is 0 Å². The van der Waals surface area contributed by atoms with Crippen LogP contribution < -0.4 is 0 Å². The van der Waals surface area contributed by atoms with Crippen molar-refractivity contribution in [2.75, 3.05) is 0 Å². The molecule has 0 bridgehead atoms.